The molecule has 0 bridgehead atoms. The Bertz CT molecular complexity index is 1390. The highest BCUT2D eigenvalue weighted by atomic mass is 32.2. The Labute approximate surface area is 228 Å². The molecule has 1 aliphatic rings. The summed E-state index contributed by atoms with van der Waals surface area (Å²) in [5.74, 6) is 0.295. The number of nitrogens with zero attached hydrogens (tertiary/aromatic N) is 4. The second-order valence-electron chi connectivity index (χ2n) is 11.1. The molecule has 1 heterocycles. The number of hydrogen-bond acceptors (Lipinski definition) is 7. The summed E-state index contributed by atoms with van der Waals surface area (Å²) < 4.78 is 24.0. The minimum Gasteiger partial charge on any atom is -0.317 e. The number of amides is 3. The maximum Gasteiger partial charge on any atom is 0.322 e. The van der Waals surface area contributed by atoms with Crippen molar-refractivity contribution in [3.05, 3.63) is 59.7 Å². The number of tetrazole rings is 1. The van der Waals surface area contributed by atoms with Crippen LogP contribution in [0.4, 0.5) is 16.4 Å². The third kappa shape index (κ3) is 7.41. The van der Waals surface area contributed by atoms with Crippen molar-refractivity contribution < 1.29 is 18.0 Å². The first-order chi connectivity index (χ1) is 18.4. The van der Waals surface area contributed by atoms with E-state index in [1.807, 2.05) is 17.0 Å². The summed E-state index contributed by atoms with van der Waals surface area (Å²) in [5, 5.41) is 18.6. The number of rotatable bonds is 7. The average Bonchev–Trinajstić information content (AvgIpc) is 3.40. The van der Waals surface area contributed by atoms with Crippen molar-refractivity contribution in [1.29, 1.82) is 0 Å². The van der Waals surface area contributed by atoms with Crippen molar-refractivity contribution in [1.82, 2.24) is 25.5 Å². The quantitative estimate of drug-likeness (QED) is 0.390. The van der Waals surface area contributed by atoms with Gasteiger partial charge < -0.3 is 10.2 Å². The van der Waals surface area contributed by atoms with Crippen molar-refractivity contribution in [2.45, 2.75) is 63.9 Å². The lowest BCUT2D eigenvalue weighted by Gasteiger charge is -2.41. The average molecular weight is 554 g/mol. The summed E-state index contributed by atoms with van der Waals surface area (Å²) in [4.78, 5) is 28.0. The monoisotopic (exact) mass is 553 g/mol. The molecule has 12 heteroatoms. The molecule has 39 heavy (non-hydrogen) atoms. The fourth-order valence-electron chi connectivity index (χ4n) is 4.97. The lowest BCUT2D eigenvalue weighted by atomic mass is 9.71. The van der Waals surface area contributed by atoms with Gasteiger partial charge in [-0.05, 0) is 78.1 Å². The van der Waals surface area contributed by atoms with Gasteiger partial charge in [0.1, 0.15) is 0 Å². The van der Waals surface area contributed by atoms with Gasteiger partial charge in [0, 0.05) is 30.1 Å². The summed E-state index contributed by atoms with van der Waals surface area (Å²) in [6, 6.07) is 13.0. The fourth-order valence-corrected chi connectivity index (χ4v) is 5.63. The molecule has 1 saturated carbocycles. The van der Waals surface area contributed by atoms with Crippen molar-refractivity contribution >= 4 is 33.4 Å². The van der Waals surface area contributed by atoms with E-state index in [9.17, 15) is 18.0 Å². The second-order valence-corrected chi connectivity index (χ2v) is 13.1. The van der Waals surface area contributed by atoms with Gasteiger partial charge in [0.15, 0.2) is 9.84 Å². The number of carbonyl (C=O) groups is 2. The molecule has 0 spiro atoms. The lowest BCUT2D eigenvalue weighted by molar-refractivity contribution is 0.102. The minimum absolute atomic E-state index is 0.0305. The maximum atomic E-state index is 13.6. The molecule has 0 atom stereocenters. The zero-order valence-corrected chi connectivity index (χ0v) is 23.5. The van der Waals surface area contributed by atoms with Gasteiger partial charge in [-0.25, -0.2) is 13.2 Å². The van der Waals surface area contributed by atoms with E-state index in [0.29, 0.717) is 23.7 Å². The number of anilines is 2. The van der Waals surface area contributed by atoms with Crippen LogP contribution in [0.15, 0.2) is 53.4 Å². The molecular weight excluding hydrogens is 518 g/mol. The fraction of sp³-hybridized carbons (Fsp3) is 0.444. The molecule has 0 saturated heterocycles. The van der Waals surface area contributed by atoms with Crippen LogP contribution in [0.3, 0.4) is 0 Å². The Morgan fingerprint density at radius 3 is 2.31 bits per heavy atom. The molecule has 11 nitrogen and oxygen atoms in total. The molecule has 0 aliphatic heterocycles. The van der Waals surface area contributed by atoms with Crippen LogP contribution >= 0.6 is 0 Å². The Kier molecular flexibility index (Phi) is 8.34. The van der Waals surface area contributed by atoms with Gasteiger partial charge >= 0.3 is 6.03 Å². The standard InChI is InChI=1S/C27H35N7O4S/c1-27(2,3)20-12-14-22(15-13-20)34(26(36)28-21-6-5-7-23(16-21)39(4,37)38)17-18-8-10-19(11-9-18)24(35)29-25-30-32-33-31-25/h5-11,16,20,22H,12-15,17H2,1-4H3,(H,28,36)(H2,29,30,31,32,33,35). The van der Waals surface area contributed by atoms with Crippen molar-refractivity contribution in [3.63, 3.8) is 0 Å². The van der Waals surface area contributed by atoms with E-state index >= 15 is 0 Å². The lowest BCUT2D eigenvalue weighted by Crippen LogP contribution is -2.45. The molecule has 0 radical (unpaired) electrons. The number of urea groups is 1. The summed E-state index contributed by atoms with van der Waals surface area (Å²) in [5.41, 5.74) is 1.92. The summed E-state index contributed by atoms with van der Waals surface area (Å²) in [6.45, 7) is 7.12. The highest BCUT2D eigenvalue weighted by Gasteiger charge is 2.33. The molecule has 4 rings (SSSR count). The number of sulfone groups is 1. The van der Waals surface area contributed by atoms with E-state index < -0.39 is 9.84 Å². The van der Waals surface area contributed by atoms with E-state index in [0.717, 1.165) is 37.5 Å². The minimum atomic E-state index is -3.41. The highest BCUT2D eigenvalue weighted by Crippen LogP contribution is 2.39. The van der Waals surface area contributed by atoms with Gasteiger partial charge in [-0.15, -0.1) is 5.10 Å². The highest BCUT2D eigenvalue weighted by molar-refractivity contribution is 7.90. The smallest absolute Gasteiger partial charge is 0.317 e. The molecule has 2 aromatic carbocycles. The summed E-state index contributed by atoms with van der Waals surface area (Å²) in [7, 11) is -3.41. The molecule has 1 fully saturated rings. The third-order valence-corrected chi connectivity index (χ3v) is 8.39. The van der Waals surface area contributed by atoms with E-state index in [2.05, 4.69) is 52.0 Å². The van der Waals surface area contributed by atoms with Gasteiger partial charge in [0.2, 0.25) is 0 Å². The van der Waals surface area contributed by atoms with Crippen LogP contribution in [-0.2, 0) is 16.4 Å². The number of nitrogens with one attached hydrogen (secondary N) is 3. The first-order valence-corrected chi connectivity index (χ1v) is 14.8. The number of hydrogen-bond donors (Lipinski definition) is 3. The first kappa shape index (κ1) is 28.2. The number of aromatic amines is 1. The number of aromatic nitrogens is 4. The molecule has 1 aliphatic carbocycles. The Morgan fingerprint density at radius 2 is 1.72 bits per heavy atom. The molecular formula is C27H35N7O4S. The Hall–Kier alpha value is -3.80. The van der Waals surface area contributed by atoms with Crippen LogP contribution in [0.25, 0.3) is 0 Å². The number of carbonyl (C=O) groups excluding carboxylic acids is 2. The molecule has 3 N–H and O–H groups in total. The van der Waals surface area contributed by atoms with Gasteiger partial charge in [-0.2, -0.15) is 5.21 Å². The Balaban J connectivity index is 1.51. The van der Waals surface area contributed by atoms with Crippen LogP contribution in [0, 0.1) is 11.3 Å². The van der Waals surface area contributed by atoms with E-state index in [4.69, 9.17) is 0 Å². The van der Waals surface area contributed by atoms with Crippen LogP contribution in [0.2, 0.25) is 0 Å². The number of H-pyrrole nitrogens is 1. The maximum absolute atomic E-state index is 13.6. The van der Waals surface area contributed by atoms with Crippen LogP contribution in [0.1, 0.15) is 62.4 Å². The first-order valence-electron chi connectivity index (χ1n) is 12.9. The predicted octanol–water partition coefficient (Wildman–Crippen LogP) is 4.49. The van der Waals surface area contributed by atoms with Crippen LogP contribution < -0.4 is 10.6 Å². The second kappa shape index (κ2) is 11.5. The van der Waals surface area contributed by atoms with Gasteiger partial charge in [0.05, 0.1) is 4.90 Å². The molecule has 1 aromatic heterocycles. The largest absolute Gasteiger partial charge is 0.322 e. The van der Waals surface area contributed by atoms with Gasteiger partial charge in [-0.1, -0.05) is 44.1 Å². The molecule has 3 aromatic rings. The SMILES string of the molecule is CC(C)(C)C1CCC(N(Cc2ccc(C(=O)Nc3nn[nH]n3)cc2)C(=O)Nc2cccc(S(C)(=O)=O)c2)CC1. The van der Waals surface area contributed by atoms with Crippen molar-refractivity contribution in [2.24, 2.45) is 11.3 Å². The topological polar surface area (TPSA) is 150 Å². The van der Waals surface area contributed by atoms with Crippen LogP contribution in [-0.4, -0.2) is 58.2 Å². The van der Waals surface area contributed by atoms with Crippen molar-refractivity contribution in [3.8, 4) is 0 Å². The molecule has 3 amide bonds. The van der Waals surface area contributed by atoms with E-state index in [1.165, 1.54) is 12.1 Å². The predicted molar refractivity (Wildman–Crippen MR) is 148 cm³/mol. The van der Waals surface area contributed by atoms with E-state index in [1.54, 1.807) is 24.3 Å². The van der Waals surface area contributed by atoms with Gasteiger partial charge in [0.25, 0.3) is 11.9 Å². The van der Waals surface area contributed by atoms with Crippen LogP contribution in [0.5, 0.6) is 0 Å². The zero-order chi connectivity index (χ0) is 28.2. The normalized spacial score (nSPS) is 17.8. The van der Waals surface area contributed by atoms with Gasteiger partial charge in [-0.3, -0.25) is 10.1 Å². The molecule has 0 unspecified atom stereocenters. The summed E-state index contributed by atoms with van der Waals surface area (Å²) >= 11 is 0. The zero-order valence-electron chi connectivity index (χ0n) is 22.6. The third-order valence-electron chi connectivity index (χ3n) is 7.28. The van der Waals surface area contributed by atoms with Crippen molar-refractivity contribution in [2.75, 3.05) is 16.9 Å². The van der Waals surface area contributed by atoms with E-state index in [-0.39, 0.29) is 34.2 Å². The summed E-state index contributed by atoms with van der Waals surface area (Å²) in [6.07, 6.45) is 4.95. The molecule has 208 valence electrons. The number of benzene rings is 2. The Morgan fingerprint density at radius 1 is 1.03 bits per heavy atom.